The summed E-state index contributed by atoms with van der Waals surface area (Å²) in [5, 5.41) is 3.29. The number of ether oxygens (including phenoxy) is 2. The first kappa shape index (κ1) is 13.2. The van der Waals surface area contributed by atoms with E-state index in [1.165, 1.54) is 0 Å². The SMILES string of the molecule is CN(Cc1ccc2c(c1)OCO2)C(=O)C1CCCCN1. The van der Waals surface area contributed by atoms with E-state index >= 15 is 0 Å². The van der Waals surface area contributed by atoms with Gasteiger partial charge in [0.15, 0.2) is 11.5 Å². The Morgan fingerprint density at radius 3 is 3.00 bits per heavy atom. The number of benzene rings is 1. The summed E-state index contributed by atoms with van der Waals surface area (Å²) in [4.78, 5) is 14.1. The van der Waals surface area contributed by atoms with Gasteiger partial charge >= 0.3 is 0 Å². The van der Waals surface area contributed by atoms with Crippen LogP contribution in [0.25, 0.3) is 0 Å². The first-order valence-corrected chi connectivity index (χ1v) is 7.11. The maximum Gasteiger partial charge on any atom is 0.239 e. The molecule has 1 atom stereocenters. The quantitative estimate of drug-likeness (QED) is 0.909. The third-order valence-corrected chi connectivity index (χ3v) is 3.84. The largest absolute Gasteiger partial charge is 0.454 e. The maximum absolute atomic E-state index is 12.3. The zero-order valence-corrected chi connectivity index (χ0v) is 11.7. The molecule has 0 radical (unpaired) electrons. The number of amides is 1. The summed E-state index contributed by atoms with van der Waals surface area (Å²) >= 11 is 0. The number of likely N-dealkylation sites (N-methyl/N-ethyl adjacent to an activating group) is 1. The molecule has 2 aliphatic heterocycles. The van der Waals surface area contributed by atoms with Gasteiger partial charge in [-0.25, -0.2) is 0 Å². The predicted octanol–water partition coefficient (Wildman–Crippen LogP) is 1.52. The van der Waals surface area contributed by atoms with Crippen molar-refractivity contribution in [3.63, 3.8) is 0 Å². The van der Waals surface area contributed by atoms with Gasteiger partial charge in [-0.3, -0.25) is 4.79 Å². The van der Waals surface area contributed by atoms with E-state index in [0.717, 1.165) is 42.9 Å². The van der Waals surface area contributed by atoms with Crippen LogP contribution in [0.1, 0.15) is 24.8 Å². The summed E-state index contributed by atoms with van der Waals surface area (Å²) in [5.41, 5.74) is 1.06. The van der Waals surface area contributed by atoms with E-state index in [-0.39, 0.29) is 18.7 Å². The van der Waals surface area contributed by atoms with Crippen LogP contribution in [0.2, 0.25) is 0 Å². The fourth-order valence-corrected chi connectivity index (χ4v) is 2.72. The second-order valence-corrected chi connectivity index (χ2v) is 5.38. The summed E-state index contributed by atoms with van der Waals surface area (Å²) < 4.78 is 10.6. The Morgan fingerprint density at radius 1 is 1.35 bits per heavy atom. The maximum atomic E-state index is 12.3. The Hall–Kier alpha value is -1.75. The second kappa shape index (κ2) is 5.71. The fourth-order valence-electron chi connectivity index (χ4n) is 2.72. The molecule has 0 saturated carbocycles. The molecule has 0 aliphatic carbocycles. The molecule has 1 aromatic rings. The van der Waals surface area contributed by atoms with Gasteiger partial charge < -0.3 is 19.7 Å². The molecule has 1 fully saturated rings. The van der Waals surface area contributed by atoms with Gasteiger partial charge in [0.1, 0.15) is 0 Å². The molecular weight excluding hydrogens is 256 g/mol. The van der Waals surface area contributed by atoms with Crippen molar-refractivity contribution in [3.8, 4) is 11.5 Å². The Morgan fingerprint density at radius 2 is 2.20 bits per heavy atom. The number of carbonyl (C=O) groups is 1. The molecule has 2 heterocycles. The van der Waals surface area contributed by atoms with Crippen molar-refractivity contribution in [1.29, 1.82) is 0 Å². The highest BCUT2D eigenvalue weighted by atomic mass is 16.7. The monoisotopic (exact) mass is 276 g/mol. The Balaban J connectivity index is 1.63. The molecule has 1 amide bonds. The van der Waals surface area contributed by atoms with Crippen molar-refractivity contribution >= 4 is 5.91 Å². The van der Waals surface area contributed by atoms with Crippen molar-refractivity contribution < 1.29 is 14.3 Å². The molecule has 0 spiro atoms. The van der Waals surface area contributed by atoms with Crippen molar-refractivity contribution in [2.24, 2.45) is 0 Å². The van der Waals surface area contributed by atoms with E-state index in [1.54, 1.807) is 4.90 Å². The Bertz CT molecular complexity index is 498. The summed E-state index contributed by atoms with van der Waals surface area (Å²) in [6.45, 7) is 1.81. The number of carbonyl (C=O) groups excluding carboxylic acids is 1. The van der Waals surface area contributed by atoms with E-state index in [2.05, 4.69) is 5.32 Å². The van der Waals surface area contributed by atoms with Crippen molar-refractivity contribution in [3.05, 3.63) is 23.8 Å². The van der Waals surface area contributed by atoms with E-state index in [1.807, 2.05) is 25.2 Å². The van der Waals surface area contributed by atoms with Crippen LogP contribution in [0.15, 0.2) is 18.2 Å². The first-order valence-electron chi connectivity index (χ1n) is 7.11. The van der Waals surface area contributed by atoms with Crippen LogP contribution in [0.4, 0.5) is 0 Å². The third-order valence-electron chi connectivity index (χ3n) is 3.84. The zero-order chi connectivity index (χ0) is 13.9. The zero-order valence-electron chi connectivity index (χ0n) is 11.7. The van der Waals surface area contributed by atoms with Crippen LogP contribution in [0.3, 0.4) is 0 Å². The molecule has 0 aromatic heterocycles. The van der Waals surface area contributed by atoms with E-state index < -0.39 is 0 Å². The summed E-state index contributed by atoms with van der Waals surface area (Å²) in [7, 11) is 1.85. The standard InChI is InChI=1S/C15H20N2O3/c1-17(15(18)12-4-2-3-7-16-12)9-11-5-6-13-14(8-11)20-10-19-13/h5-6,8,12,16H,2-4,7,9-10H2,1H3. The molecule has 0 bridgehead atoms. The van der Waals surface area contributed by atoms with E-state index in [9.17, 15) is 4.79 Å². The Kier molecular flexibility index (Phi) is 3.78. The lowest BCUT2D eigenvalue weighted by molar-refractivity contribution is -0.133. The van der Waals surface area contributed by atoms with Crippen LogP contribution < -0.4 is 14.8 Å². The molecule has 5 heteroatoms. The average molecular weight is 276 g/mol. The highest BCUT2D eigenvalue weighted by Gasteiger charge is 2.24. The summed E-state index contributed by atoms with van der Waals surface area (Å²) in [5.74, 6) is 1.71. The van der Waals surface area contributed by atoms with E-state index in [4.69, 9.17) is 9.47 Å². The molecular formula is C15H20N2O3. The lowest BCUT2D eigenvalue weighted by Crippen LogP contribution is -2.46. The molecule has 1 unspecified atom stereocenters. The lowest BCUT2D eigenvalue weighted by Gasteiger charge is -2.27. The number of nitrogens with one attached hydrogen (secondary N) is 1. The number of hydrogen-bond donors (Lipinski definition) is 1. The number of rotatable bonds is 3. The molecule has 2 aliphatic rings. The molecule has 3 rings (SSSR count). The smallest absolute Gasteiger partial charge is 0.239 e. The Labute approximate surface area is 118 Å². The predicted molar refractivity (Wildman–Crippen MR) is 74.7 cm³/mol. The van der Waals surface area contributed by atoms with Crippen LogP contribution in [-0.2, 0) is 11.3 Å². The summed E-state index contributed by atoms with van der Waals surface area (Å²) in [6.07, 6.45) is 3.22. The lowest BCUT2D eigenvalue weighted by atomic mass is 10.0. The van der Waals surface area contributed by atoms with Crippen molar-refractivity contribution in [2.45, 2.75) is 31.8 Å². The van der Waals surface area contributed by atoms with Gasteiger partial charge in [0.05, 0.1) is 6.04 Å². The highest BCUT2D eigenvalue weighted by Crippen LogP contribution is 2.32. The van der Waals surface area contributed by atoms with Gasteiger partial charge in [0.25, 0.3) is 0 Å². The number of fused-ring (bicyclic) bond motifs is 1. The van der Waals surface area contributed by atoms with Gasteiger partial charge in [-0.05, 0) is 37.1 Å². The highest BCUT2D eigenvalue weighted by molar-refractivity contribution is 5.81. The summed E-state index contributed by atoms with van der Waals surface area (Å²) in [6, 6.07) is 5.80. The molecule has 108 valence electrons. The minimum absolute atomic E-state index is 0.0252. The average Bonchev–Trinajstić information content (AvgIpc) is 2.95. The minimum Gasteiger partial charge on any atom is -0.454 e. The van der Waals surface area contributed by atoms with Crippen LogP contribution in [0, 0.1) is 0 Å². The molecule has 1 saturated heterocycles. The van der Waals surface area contributed by atoms with Gasteiger partial charge in [-0.2, -0.15) is 0 Å². The molecule has 20 heavy (non-hydrogen) atoms. The van der Waals surface area contributed by atoms with E-state index in [0.29, 0.717) is 6.54 Å². The first-order chi connectivity index (χ1) is 9.74. The van der Waals surface area contributed by atoms with Crippen LogP contribution in [0.5, 0.6) is 11.5 Å². The van der Waals surface area contributed by atoms with Crippen molar-refractivity contribution in [2.75, 3.05) is 20.4 Å². The van der Waals surface area contributed by atoms with Gasteiger partial charge in [-0.15, -0.1) is 0 Å². The topological polar surface area (TPSA) is 50.8 Å². The number of nitrogens with zero attached hydrogens (tertiary/aromatic N) is 1. The number of hydrogen-bond acceptors (Lipinski definition) is 4. The van der Waals surface area contributed by atoms with Gasteiger partial charge in [0, 0.05) is 13.6 Å². The molecule has 1 N–H and O–H groups in total. The van der Waals surface area contributed by atoms with Gasteiger partial charge in [-0.1, -0.05) is 12.5 Å². The second-order valence-electron chi connectivity index (χ2n) is 5.38. The molecule has 1 aromatic carbocycles. The molecule has 5 nitrogen and oxygen atoms in total. The van der Waals surface area contributed by atoms with Crippen LogP contribution >= 0.6 is 0 Å². The minimum atomic E-state index is -0.0252. The van der Waals surface area contributed by atoms with Crippen molar-refractivity contribution in [1.82, 2.24) is 10.2 Å². The third kappa shape index (κ3) is 2.72. The van der Waals surface area contributed by atoms with Crippen LogP contribution in [-0.4, -0.2) is 37.2 Å². The fraction of sp³-hybridized carbons (Fsp3) is 0.533. The van der Waals surface area contributed by atoms with Gasteiger partial charge in [0.2, 0.25) is 12.7 Å². The normalized spacial score (nSPS) is 20.8. The number of piperidine rings is 1.